The number of likely N-dealkylation sites (tertiary alicyclic amines) is 2. The van der Waals surface area contributed by atoms with Gasteiger partial charge in [0.25, 0.3) is 5.91 Å². The van der Waals surface area contributed by atoms with Crippen LogP contribution in [-0.4, -0.2) is 76.8 Å². The van der Waals surface area contributed by atoms with E-state index in [1.807, 2.05) is 35.2 Å². The molecule has 1 atom stereocenters. The average Bonchev–Trinajstić information content (AvgIpc) is 3.00. The second kappa shape index (κ2) is 8.76. The van der Waals surface area contributed by atoms with Gasteiger partial charge < -0.3 is 15.1 Å². The summed E-state index contributed by atoms with van der Waals surface area (Å²) < 4.78 is 0. The van der Waals surface area contributed by atoms with E-state index in [0.29, 0.717) is 32.4 Å². The smallest absolute Gasteiger partial charge is 0.325 e. The molecule has 3 aliphatic heterocycles. The molecule has 3 heterocycles. The third kappa shape index (κ3) is 4.08. The lowest BCUT2D eigenvalue weighted by atomic mass is 9.87. The van der Waals surface area contributed by atoms with Crippen LogP contribution in [0.4, 0.5) is 4.79 Å². The number of hydrogen-bond acceptors (Lipinski definition) is 4. The topological polar surface area (TPSA) is 73.0 Å². The zero-order valence-electron chi connectivity index (χ0n) is 17.8. The Morgan fingerprint density at radius 1 is 1.13 bits per heavy atom. The molecule has 0 aromatic heterocycles. The first-order valence-electron chi connectivity index (χ1n) is 11.2. The summed E-state index contributed by atoms with van der Waals surface area (Å²) in [5.74, 6) is -0.0356. The van der Waals surface area contributed by atoms with Gasteiger partial charge in [-0.1, -0.05) is 37.3 Å². The molecule has 7 heteroatoms. The number of carbonyl (C=O) groups is 3. The molecular formula is C23H32N4O3. The minimum atomic E-state index is -0.752. The van der Waals surface area contributed by atoms with E-state index in [-0.39, 0.29) is 23.9 Å². The number of amides is 4. The quantitative estimate of drug-likeness (QED) is 0.751. The van der Waals surface area contributed by atoms with E-state index in [4.69, 9.17) is 0 Å². The monoisotopic (exact) mass is 412 g/mol. The number of rotatable bonds is 5. The first-order valence-corrected chi connectivity index (χ1v) is 11.2. The highest BCUT2D eigenvalue weighted by Crippen LogP contribution is 2.32. The van der Waals surface area contributed by atoms with Crippen molar-refractivity contribution in [2.75, 3.05) is 32.7 Å². The largest absolute Gasteiger partial charge is 0.340 e. The number of urea groups is 1. The summed E-state index contributed by atoms with van der Waals surface area (Å²) in [4.78, 5) is 44.6. The molecule has 1 N–H and O–H groups in total. The van der Waals surface area contributed by atoms with E-state index in [9.17, 15) is 14.4 Å². The van der Waals surface area contributed by atoms with Crippen LogP contribution in [0.25, 0.3) is 0 Å². The summed E-state index contributed by atoms with van der Waals surface area (Å²) in [5.41, 5.74) is 0.231. The molecule has 4 rings (SSSR count). The maximum Gasteiger partial charge on any atom is 0.325 e. The van der Waals surface area contributed by atoms with Gasteiger partial charge >= 0.3 is 6.03 Å². The van der Waals surface area contributed by atoms with Crippen molar-refractivity contribution in [2.24, 2.45) is 0 Å². The predicted octanol–water partition coefficient (Wildman–Crippen LogP) is 2.02. The van der Waals surface area contributed by atoms with Crippen molar-refractivity contribution in [3.63, 3.8) is 0 Å². The van der Waals surface area contributed by atoms with Crippen molar-refractivity contribution in [3.8, 4) is 0 Å². The molecule has 1 aromatic rings. The lowest BCUT2D eigenvalue weighted by Crippen LogP contribution is -2.56. The fourth-order valence-corrected chi connectivity index (χ4v) is 5.06. The van der Waals surface area contributed by atoms with E-state index in [1.165, 1.54) is 4.90 Å². The fourth-order valence-electron chi connectivity index (χ4n) is 5.06. The molecule has 0 radical (unpaired) electrons. The molecule has 0 aliphatic carbocycles. The highest BCUT2D eigenvalue weighted by atomic mass is 16.2. The van der Waals surface area contributed by atoms with Crippen LogP contribution in [-0.2, 0) is 16.0 Å². The average molecular weight is 413 g/mol. The van der Waals surface area contributed by atoms with E-state index >= 15 is 0 Å². The molecule has 1 aromatic carbocycles. The van der Waals surface area contributed by atoms with Gasteiger partial charge in [0.15, 0.2) is 0 Å². The van der Waals surface area contributed by atoms with Crippen LogP contribution in [0.2, 0.25) is 0 Å². The molecule has 3 fully saturated rings. The molecule has 30 heavy (non-hydrogen) atoms. The van der Waals surface area contributed by atoms with Crippen LogP contribution in [0, 0.1) is 0 Å². The number of piperidine rings is 2. The van der Waals surface area contributed by atoms with Crippen molar-refractivity contribution in [1.82, 2.24) is 20.0 Å². The molecule has 4 amide bonds. The molecule has 7 nitrogen and oxygen atoms in total. The van der Waals surface area contributed by atoms with Crippen LogP contribution >= 0.6 is 0 Å². The van der Waals surface area contributed by atoms with Crippen molar-refractivity contribution in [1.29, 1.82) is 0 Å². The summed E-state index contributed by atoms with van der Waals surface area (Å²) >= 11 is 0. The fraction of sp³-hybridized carbons (Fsp3) is 0.609. The van der Waals surface area contributed by atoms with Crippen molar-refractivity contribution in [2.45, 2.75) is 57.0 Å². The first-order chi connectivity index (χ1) is 14.5. The summed E-state index contributed by atoms with van der Waals surface area (Å²) in [6, 6.07) is 9.17. The minimum absolute atomic E-state index is 0.0561. The van der Waals surface area contributed by atoms with Crippen LogP contribution in [0.15, 0.2) is 30.3 Å². The Hall–Kier alpha value is -2.41. The number of hydrogen-bond donors (Lipinski definition) is 1. The number of carbonyl (C=O) groups excluding carboxylic acids is 3. The van der Waals surface area contributed by atoms with Crippen LogP contribution < -0.4 is 5.32 Å². The van der Waals surface area contributed by atoms with Crippen molar-refractivity contribution in [3.05, 3.63) is 35.9 Å². The molecule has 0 saturated carbocycles. The minimum Gasteiger partial charge on any atom is -0.340 e. The summed E-state index contributed by atoms with van der Waals surface area (Å²) in [7, 11) is 0. The molecule has 3 saturated heterocycles. The second-order valence-corrected chi connectivity index (χ2v) is 8.83. The molecule has 162 valence electrons. The maximum absolute atomic E-state index is 13.3. The molecule has 0 unspecified atom stereocenters. The lowest BCUT2D eigenvalue weighted by Gasteiger charge is -2.39. The van der Waals surface area contributed by atoms with E-state index in [1.54, 1.807) is 0 Å². The molecular weight excluding hydrogens is 380 g/mol. The van der Waals surface area contributed by atoms with E-state index < -0.39 is 5.54 Å². The summed E-state index contributed by atoms with van der Waals surface area (Å²) in [6.45, 7) is 5.97. The normalized spacial score (nSPS) is 24.4. The van der Waals surface area contributed by atoms with Crippen LogP contribution in [0.5, 0.6) is 0 Å². The standard InChI is InChI=1S/C23H32N4O3/c1-2-12-25-14-10-23(11-15-25)21(29)27(22(30)24-23)19-9-6-13-26(17-19)20(28)16-18-7-4-3-5-8-18/h3-5,7-8,19H,2,6,9-17H2,1H3,(H,24,30)/t19-/m1/s1. The van der Waals surface area contributed by atoms with Crippen LogP contribution in [0.3, 0.4) is 0 Å². The zero-order valence-corrected chi connectivity index (χ0v) is 17.8. The van der Waals surface area contributed by atoms with Gasteiger partial charge in [0.05, 0.1) is 12.5 Å². The van der Waals surface area contributed by atoms with Gasteiger partial charge in [0.2, 0.25) is 5.91 Å². The van der Waals surface area contributed by atoms with Gasteiger partial charge in [-0.3, -0.25) is 14.5 Å². The SMILES string of the molecule is CCCN1CCC2(CC1)NC(=O)N([C@@H]1CCCN(C(=O)Cc3ccccc3)C1)C2=O. The van der Waals surface area contributed by atoms with Gasteiger partial charge in [0, 0.05) is 26.2 Å². The maximum atomic E-state index is 13.3. The van der Waals surface area contributed by atoms with Gasteiger partial charge in [-0.15, -0.1) is 0 Å². The Morgan fingerprint density at radius 3 is 2.57 bits per heavy atom. The highest BCUT2D eigenvalue weighted by molar-refractivity contribution is 6.07. The number of nitrogens with zero attached hydrogens (tertiary/aromatic N) is 3. The van der Waals surface area contributed by atoms with Crippen LogP contribution in [0.1, 0.15) is 44.6 Å². The van der Waals surface area contributed by atoms with Crippen molar-refractivity contribution < 1.29 is 14.4 Å². The van der Waals surface area contributed by atoms with Gasteiger partial charge in [-0.25, -0.2) is 4.79 Å². The Balaban J connectivity index is 1.40. The van der Waals surface area contributed by atoms with Gasteiger partial charge in [0.1, 0.15) is 5.54 Å². The van der Waals surface area contributed by atoms with Gasteiger partial charge in [-0.2, -0.15) is 0 Å². The Labute approximate surface area is 178 Å². The molecule has 3 aliphatic rings. The summed E-state index contributed by atoms with van der Waals surface area (Å²) in [5, 5.41) is 3.02. The Morgan fingerprint density at radius 2 is 1.87 bits per heavy atom. The molecule has 0 bridgehead atoms. The Kier molecular flexibility index (Phi) is 6.09. The molecule has 1 spiro atoms. The third-order valence-electron chi connectivity index (χ3n) is 6.76. The Bertz CT molecular complexity index is 789. The zero-order chi connectivity index (χ0) is 21.1. The number of nitrogens with one attached hydrogen (secondary N) is 1. The number of imide groups is 1. The number of benzene rings is 1. The third-order valence-corrected chi connectivity index (χ3v) is 6.76. The van der Waals surface area contributed by atoms with E-state index in [2.05, 4.69) is 17.1 Å². The first kappa shape index (κ1) is 20.8. The van der Waals surface area contributed by atoms with Crippen molar-refractivity contribution >= 4 is 17.8 Å². The highest BCUT2D eigenvalue weighted by Gasteiger charge is 2.54. The lowest BCUT2D eigenvalue weighted by molar-refractivity contribution is -0.138. The predicted molar refractivity (Wildman–Crippen MR) is 114 cm³/mol. The van der Waals surface area contributed by atoms with E-state index in [0.717, 1.165) is 44.5 Å². The summed E-state index contributed by atoms with van der Waals surface area (Å²) in [6.07, 6.45) is 4.33. The van der Waals surface area contributed by atoms with Gasteiger partial charge in [-0.05, 0) is 44.2 Å². The second-order valence-electron chi connectivity index (χ2n) is 8.83.